The highest BCUT2D eigenvalue weighted by molar-refractivity contribution is 5.90. The minimum Gasteiger partial charge on any atom is -0.471 e. The van der Waals surface area contributed by atoms with Crippen molar-refractivity contribution in [2.75, 3.05) is 36.1 Å². The number of rotatable bonds is 6. The van der Waals surface area contributed by atoms with Crippen molar-refractivity contribution >= 4 is 23.7 Å². The van der Waals surface area contributed by atoms with E-state index in [9.17, 15) is 14.0 Å². The van der Waals surface area contributed by atoms with Crippen LogP contribution in [0.2, 0.25) is 0 Å². The molecule has 0 aliphatic carbocycles. The van der Waals surface area contributed by atoms with Gasteiger partial charge in [0.1, 0.15) is 31.1 Å². The molecule has 0 bridgehead atoms. The standard InChI is InChI=1S/C21H17FN4O6/c22-17-9-14(26-11-15(32-21(26)28)12-30-19-5-7-31-24-19)2-3-16(17)13-1-4-18(23-10-13)25-6-8-29-20(25)27/h1-5,7,9-10,15H,6,8,11-12H2. The number of carbonyl (C=O) groups is 2. The smallest absolute Gasteiger partial charge is 0.415 e. The summed E-state index contributed by atoms with van der Waals surface area (Å²) in [7, 11) is 0. The van der Waals surface area contributed by atoms with E-state index < -0.39 is 24.1 Å². The number of aromatic nitrogens is 2. The molecule has 2 aliphatic heterocycles. The zero-order valence-corrected chi connectivity index (χ0v) is 16.6. The second kappa shape index (κ2) is 8.17. The van der Waals surface area contributed by atoms with Crippen molar-refractivity contribution in [1.29, 1.82) is 0 Å². The van der Waals surface area contributed by atoms with Crippen LogP contribution in [0.3, 0.4) is 0 Å². The Morgan fingerprint density at radius 3 is 2.72 bits per heavy atom. The number of carbonyl (C=O) groups excluding carboxylic acids is 2. The second-order valence-corrected chi connectivity index (χ2v) is 7.10. The Morgan fingerprint density at radius 1 is 1.12 bits per heavy atom. The molecule has 164 valence electrons. The summed E-state index contributed by atoms with van der Waals surface area (Å²) in [5.41, 5.74) is 1.22. The van der Waals surface area contributed by atoms with Gasteiger partial charge in [-0.1, -0.05) is 0 Å². The lowest BCUT2D eigenvalue weighted by Gasteiger charge is -2.15. The summed E-state index contributed by atoms with van der Waals surface area (Å²) in [5.74, 6) is 0.204. The van der Waals surface area contributed by atoms with Gasteiger partial charge >= 0.3 is 12.2 Å². The van der Waals surface area contributed by atoms with Crippen LogP contribution in [0, 0.1) is 5.82 Å². The number of hydrogen-bond donors (Lipinski definition) is 0. The van der Waals surface area contributed by atoms with Gasteiger partial charge in [-0.15, -0.1) is 0 Å². The van der Waals surface area contributed by atoms with E-state index in [1.807, 2.05) is 0 Å². The fraction of sp³-hybridized carbons (Fsp3) is 0.238. The van der Waals surface area contributed by atoms with Gasteiger partial charge < -0.3 is 18.7 Å². The van der Waals surface area contributed by atoms with Crippen molar-refractivity contribution in [3.8, 4) is 17.0 Å². The van der Waals surface area contributed by atoms with Crippen molar-refractivity contribution in [3.05, 3.63) is 54.7 Å². The predicted octanol–water partition coefficient (Wildman–Crippen LogP) is 3.24. The molecule has 11 heteroatoms. The highest BCUT2D eigenvalue weighted by atomic mass is 19.1. The molecule has 2 aliphatic rings. The van der Waals surface area contributed by atoms with Crippen LogP contribution in [-0.4, -0.2) is 54.7 Å². The van der Waals surface area contributed by atoms with Crippen LogP contribution in [0.5, 0.6) is 5.88 Å². The molecule has 4 heterocycles. The molecule has 3 aromatic rings. The zero-order valence-electron chi connectivity index (χ0n) is 16.6. The van der Waals surface area contributed by atoms with Gasteiger partial charge in [-0.3, -0.25) is 9.80 Å². The number of anilines is 2. The molecule has 0 radical (unpaired) electrons. The van der Waals surface area contributed by atoms with Gasteiger partial charge in [-0.2, -0.15) is 0 Å². The Bertz CT molecular complexity index is 1140. The first-order valence-electron chi connectivity index (χ1n) is 9.80. The quantitative estimate of drug-likeness (QED) is 0.575. The Morgan fingerprint density at radius 2 is 2.03 bits per heavy atom. The average Bonchev–Trinajstić information content (AvgIpc) is 3.54. The van der Waals surface area contributed by atoms with E-state index in [4.69, 9.17) is 14.2 Å². The summed E-state index contributed by atoms with van der Waals surface area (Å²) >= 11 is 0. The molecule has 2 fully saturated rings. The van der Waals surface area contributed by atoms with Gasteiger partial charge in [-0.05, 0) is 35.5 Å². The Labute approximate surface area is 181 Å². The molecule has 2 saturated heterocycles. The van der Waals surface area contributed by atoms with Crippen LogP contribution in [0.15, 0.2) is 53.4 Å². The molecular formula is C21H17FN4O6. The topological polar surface area (TPSA) is 107 Å². The lowest BCUT2D eigenvalue weighted by atomic mass is 10.1. The number of amides is 2. The summed E-state index contributed by atoms with van der Waals surface area (Å²) < 4.78 is 35.1. The lowest BCUT2D eigenvalue weighted by Crippen LogP contribution is -2.26. The van der Waals surface area contributed by atoms with Crippen molar-refractivity contribution < 1.29 is 32.7 Å². The SMILES string of the molecule is O=C1OC(COc2ccon2)CN1c1ccc(-c2ccc(N3CCOC3=O)nc2)c(F)c1. The molecule has 2 aromatic heterocycles. The lowest BCUT2D eigenvalue weighted by molar-refractivity contribution is 0.101. The van der Waals surface area contributed by atoms with Crippen LogP contribution in [0.25, 0.3) is 11.1 Å². The third kappa shape index (κ3) is 3.80. The molecule has 0 spiro atoms. The van der Waals surface area contributed by atoms with Gasteiger partial charge in [0, 0.05) is 23.4 Å². The summed E-state index contributed by atoms with van der Waals surface area (Å²) in [5, 5.41) is 3.62. The first-order chi connectivity index (χ1) is 15.6. The molecule has 1 unspecified atom stereocenters. The number of hydrogen-bond acceptors (Lipinski definition) is 8. The Hall–Kier alpha value is -4.15. The first-order valence-corrected chi connectivity index (χ1v) is 9.80. The third-order valence-electron chi connectivity index (χ3n) is 5.07. The molecule has 1 atom stereocenters. The van der Waals surface area contributed by atoms with Gasteiger partial charge in [0.05, 0.1) is 18.8 Å². The Kier molecular flexibility index (Phi) is 5.06. The maximum Gasteiger partial charge on any atom is 0.415 e. The van der Waals surface area contributed by atoms with Crippen molar-refractivity contribution in [2.45, 2.75) is 6.10 Å². The average molecular weight is 440 g/mol. The van der Waals surface area contributed by atoms with Crippen molar-refractivity contribution in [1.82, 2.24) is 10.1 Å². The summed E-state index contributed by atoms with van der Waals surface area (Å²) in [6, 6.07) is 9.31. The fourth-order valence-electron chi connectivity index (χ4n) is 3.49. The van der Waals surface area contributed by atoms with E-state index >= 15 is 0 Å². The normalized spacial score (nSPS) is 18.1. The molecule has 0 N–H and O–H groups in total. The minimum absolute atomic E-state index is 0.0952. The van der Waals surface area contributed by atoms with Crippen LogP contribution < -0.4 is 14.5 Å². The number of halogens is 1. The van der Waals surface area contributed by atoms with E-state index in [2.05, 4.69) is 14.7 Å². The maximum atomic E-state index is 14.9. The number of nitrogens with zero attached hydrogens (tertiary/aromatic N) is 4. The van der Waals surface area contributed by atoms with Crippen LogP contribution in [0.1, 0.15) is 0 Å². The van der Waals surface area contributed by atoms with Crippen LogP contribution in [0.4, 0.5) is 25.5 Å². The molecular weight excluding hydrogens is 423 g/mol. The van der Waals surface area contributed by atoms with E-state index in [1.54, 1.807) is 30.3 Å². The summed E-state index contributed by atoms with van der Waals surface area (Å²) in [6.45, 7) is 1.03. The van der Waals surface area contributed by atoms with Crippen molar-refractivity contribution in [3.63, 3.8) is 0 Å². The molecule has 10 nitrogen and oxygen atoms in total. The second-order valence-electron chi connectivity index (χ2n) is 7.10. The molecule has 0 saturated carbocycles. The predicted molar refractivity (Wildman–Crippen MR) is 108 cm³/mol. The molecule has 32 heavy (non-hydrogen) atoms. The van der Waals surface area contributed by atoms with E-state index in [0.717, 1.165) is 0 Å². The van der Waals surface area contributed by atoms with Gasteiger partial charge in [0.2, 0.25) is 0 Å². The molecule has 5 rings (SSSR count). The number of ether oxygens (including phenoxy) is 3. The number of benzene rings is 1. The largest absolute Gasteiger partial charge is 0.471 e. The summed E-state index contributed by atoms with van der Waals surface area (Å²) in [6.07, 6.45) is 1.28. The van der Waals surface area contributed by atoms with E-state index in [-0.39, 0.29) is 19.0 Å². The number of cyclic esters (lactones) is 2. The fourth-order valence-corrected chi connectivity index (χ4v) is 3.49. The molecule has 1 aromatic carbocycles. The van der Waals surface area contributed by atoms with Gasteiger partial charge in [-0.25, -0.2) is 19.0 Å². The van der Waals surface area contributed by atoms with E-state index in [0.29, 0.717) is 35.8 Å². The van der Waals surface area contributed by atoms with Crippen LogP contribution in [-0.2, 0) is 9.47 Å². The zero-order chi connectivity index (χ0) is 22.1. The van der Waals surface area contributed by atoms with Gasteiger partial charge in [0.15, 0.2) is 6.10 Å². The maximum absolute atomic E-state index is 14.9. The summed E-state index contributed by atoms with van der Waals surface area (Å²) in [4.78, 5) is 30.9. The van der Waals surface area contributed by atoms with Crippen LogP contribution >= 0.6 is 0 Å². The molecule has 2 amide bonds. The number of pyridine rings is 1. The van der Waals surface area contributed by atoms with E-state index in [1.165, 1.54) is 28.3 Å². The highest BCUT2D eigenvalue weighted by Gasteiger charge is 2.33. The van der Waals surface area contributed by atoms with Crippen molar-refractivity contribution in [2.24, 2.45) is 0 Å². The monoisotopic (exact) mass is 440 g/mol. The Balaban J connectivity index is 1.28. The minimum atomic E-state index is -0.588. The highest BCUT2D eigenvalue weighted by Crippen LogP contribution is 2.30. The first kappa shape index (κ1) is 19.8. The van der Waals surface area contributed by atoms with Gasteiger partial charge in [0.25, 0.3) is 5.88 Å². The third-order valence-corrected chi connectivity index (χ3v) is 5.07.